The van der Waals surface area contributed by atoms with Gasteiger partial charge in [0.1, 0.15) is 28.6 Å². The van der Waals surface area contributed by atoms with Gasteiger partial charge in [-0.25, -0.2) is 4.98 Å². The number of aromatic nitrogens is 1. The highest BCUT2D eigenvalue weighted by molar-refractivity contribution is 6.08. The minimum Gasteiger partial charge on any atom is -0.495 e. The average Bonchev–Trinajstić information content (AvgIpc) is 2.83. The van der Waals surface area contributed by atoms with Crippen LogP contribution >= 0.6 is 0 Å². The Bertz CT molecular complexity index is 1340. The summed E-state index contributed by atoms with van der Waals surface area (Å²) in [6, 6.07) is 6.79. The van der Waals surface area contributed by atoms with E-state index in [1.807, 2.05) is 0 Å². The van der Waals surface area contributed by atoms with E-state index < -0.39 is 46.8 Å². The Labute approximate surface area is 211 Å². The number of nitrogens with one attached hydrogen (secondary N) is 1. The number of alkyl halides is 6. The molecule has 0 spiro atoms. The minimum absolute atomic E-state index is 0.100. The van der Waals surface area contributed by atoms with E-state index in [-0.39, 0.29) is 28.7 Å². The number of hydrogen-bond donors (Lipinski definition) is 1. The third-order valence-electron chi connectivity index (χ3n) is 4.86. The molecule has 0 fully saturated rings. The van der Waals surface area contributed by atoms with E-state index in [0.717, 1.165) is 44.7 Å². The lowest BCUT2D eigenvalue weighted by Gasteiger charge is -2.20. The van der Waals surface area contributed by atoms with Crippen LogP contribution in [0.1, 0.15) is 33.2 Å². The predicted octanol–water partition coefficient (Wildman–Crippen LogP) is 6.26. The first-order valence-electron chi connectivity index (χ1n) is 10.4. The van der Waals surface area contributed by atoms with Gasteiger partial charge in [-0.15, -0.1) is 13.2 Å². The Kier molecular flexibility index (Phi) is 8.03. The maximum absolute atomic E-state index is 13.7. The van der Waals surface area contributed by atoms with Crippen molar-refractivity contribution < 1.29 is 54.9 Å². The van der Waals surface area contributed by atoms with E-state index in [2.05, 4.69) is 15.0 Å². The largest absolute Gasteiger partial charge is 0.573 e. The number of methoxy groups -OCH3 is 2. The van der Waals surface area contributed by atoms with Crippen molar-refractivity contribution in [2.75, 3.05) is 19.5 Å². The summed E-state index contributed by atoms with van der Waals surface area (Å²) in [5.41, 5.74) is -1.76. The van der Waals surface area contributed by atoms with Crippen LogP contribution in [0.5, 0.6) is 28.7 Å². The summed E-state index contributed by atoms with van der Waals surface area (Å²) in [6.45, 7) is 1.29. The first-order chi connectivity index (χ1) is 17.7. The van der Waals surface area contributed by atoms with Crippen LogP contribution in [0, 0.1) is 0 Å². The van der Waals surface area contributed by atoms with Gasteiger partial charge in [0.2, 0.25) is 0 Å². The average molecular weight is 544 g/mol. The molecule has 0 aliphatic rings. The van der Waals surface area contributed by atoms with E-state index in [9.17, 15) is 35.9 Å². The predicted molar refractivity (Wildman–Crippen MR) is 120 cm³/mol. The zero-order chi connectivity index (χ0) is 28.3. The first kappa shape index (κ1) is 28.1. The highest BCUT2D eigenvalue weighted by Crippen LogP contribution is 2.44. The Hall–Kier alpha value is -4.49. The standard InChI is InChI=1S/C24H18F6N2O6/c1-12(33)13-4-9-19(31-11-13)32-22(34)20-17(8-6-15(21(20)36-3)23(25,26)27)37-16-7-5-14(10-18(16)35-2)38-24(28,29)30/h4-11H,1-3H3,(H,31,32,34). The van der Waals surface area contributed by atoms with Gasteiger partial charge in [-0.2, -0.15) is 13.2 Å². The maximum atomic E-state index is 13.7. The van der Waals surface area contributed by atoms with E-state index in [4.69, 9.17) is 14.2 Å². The van der Waals surface area contributed by atoms with Crippen molar-refractivity contribution in [2.24, 2.45) is 0 Å². The molecule has 2 aromatic carbocycles. The molecule has 0 saturated carbocycles. The van der Waals surface area contributed by atoms with Crippen LogP contribution in [0.15, 0.2) is 48.7 Å². The number of carbonyl (C=O) groups is 2. The van der Waals surface area contributed by atoms with Crippen LogP contribution in [0.2, 0.25) is 0 Å². The molecule has 1 amide bonds. The molecular weight excluding hydrogens is 526 g/mol. The molecule has 38 heavy (non-hydrogen) atoms. The highest BCUT2D eigenvalue weighted by atomic mass is 19.4. The van der Waals surface area contributed by atoms with E-state index in [0.29, 0.717) is 6.07 Å². The molecule has 3 rings (SSSR count). The minimum atomic E-state index is -4.99. The Morgan fingerprint density at radius 1 is 0.868 bits per heavy atom. The fourth-order valence-corrected chi connectivity index (χ4v) is 3.20. The summed E-state index contributed by atoms with van der Waals surface area (Å²) in [5, 5.41) is 2.30. The van der Waals surface area contributed by atoms with Crippen LogP contribution in [-0.4, -0.2) is 37.3 Å². The molecule has 0 unspecified atom stereocenters. The van der Waals surface area contributed by atoms with Crippen molar-refractivity contribution >= 4 is 17.5 Å². The fourth-order valence-electron chi connectivity index (χ4n) is 3.20. The van der Waals surface area contributed by atoms with Gasteiger partial charge in [-0.3, -0.25) is 9.59 Å². The summed E-state index contributed by atoms with van der Waals surface area (Å²) in [7, 11) is 2.02. The molecule has 1 heterocycles. The summed E-state index contributed by atoms with van der Waals surface area (Å²) < 4.78 is 98.0. The number of amides is 1. The van der Waals surface area contributed by atoms with Gasteiger partial charge in [0.15, 0.2) is 17.3 Å². The van der Waals surface area contributed by atoms with Gasteiger partial charge in [-0.05, 0) is 43.3 Å². The molecule has 1 aromatic heterocycles. The summed E-state index contributed by atoms with van der Waals surface area (Å²) in [5.74, 6) is -4.03. The van der Waals surface area contributed by atoms with Crippen molar-refractivity contribution in [2.45, 2.75) is 19.5 Å². The molecule has 3 aromatic rings. The monoisotopic (exact) mass is 544 g/mol. The van der Waals surface area contributed by atoms with Crippen molar-refractivity contribution in [1.29, 1.82) is 0 Å². The van der Waals surface area contributed by atoms with E-state index in [1.54, 1.807) is 0 Å². The fraction of sp³-hybridized carbons (Fsp3) is 0.208. The molecule has 202 valence electrons. The Morgan fingerprint density at radius 2 is 1.55 bits per heavy atom. The van der Waals surface area contributed by atoms with Gasteiger partial charge < -0.3 is 24.3 Å². The van der Waals surface area contributed by atoms with Gasteiger partial charge in [0, 0.05) is 17.8 Å². The van der Waals surface area contributed by atoms with Gasteiger partial charge in [0.25, 0.3) is 5.91 Å². The molecule has 1 N–H and O–H groups in total. The lowest BCUT2D eigenvalue weighted by molar-refractivity contribution is -0.274. The van der Waals surface area contributed by atoms with Crippen LogP contribution < -0.4 is 24.3 Å². The van der Waals surface area contributed by atoms with Crippen LogP contribution in [-0.2, 0) is 6.18 Å². The zero-order valence-corrected chi connectivity index (χ0v) is 19.8. The molecule has 0 aliphatic carbocycles. The third kappa shape index (κ3) is 6.63. The molecule has 0 atom stereocenters. The smallest absolute Gasteiger partial charge is 0.495 e. The summed E-state index contributed by atoms with van der Waals surface area (Å²) in [6.07, 6.45) is -8.75. The van der Waals surface area contributed by atoms with Gasteiger partial charge >= 0.3 is 12.5 Å². The van der Waals surface area contributed by atoms with Crippen molar-refractivity contribution in [3.63, 3.8) is 0 Å². The van der Waals surface area contributed by atoms with E-state index >= 15 is 0 Å². The second-order valence-electron chi connectivity index (χ2n) is 7.42. The molecular formula is C24H18F6N2O6. The highest BCUT2D eigenvalue weighted by Gasteiger charge is 2.38. The normalized spacial score (nSPS) is 11.5. The second-order valence-corrected chi connectivity index (χ2v) is 7.42. The lowest BCUT2D eigenvalue weighted by atomic mass is 10.1. The number of Topliss-reactive ketones (excluding diaryl/α,β-unsaturated/α-hetero) is 1. The Balaban J connectivity index is 2.07. The SMILES string of the molecule is COc1cc(OC(F)(F)F)ccc1Oc1ccc(C(F)(F)F)c(OC)c1C(=O)Nc1ccc(C(C)=O)cn1. The number of nitrogens with zero attached hydrogens (tertiary/aromatic N) is 1. The Morgan fingerprint density at radius 3 is 2.08 bits per heavy atom. The number of hydrogen-bond acceptors (Lipinski definition) is 7. The number of benzene rings is 2. The van der Waals surface area contributed by atoms with Crippen molar-refractivity contribution in [3.05, 3.63) is 65.4 Å². The lowest BCUT2D eigenvalue weighted by Crippen LogP contribution is -2.18. The van der Waals surface area contributed by atoms with Crippen LogP contribution in [0.25, 0.3) is 0 Å². The topological polar surface area (TPSA) is 96.0 Å². The number of halogens is 6. The van der Waals surface area contributed by atoms with Crippen LogP contribution in [0.4, 0.5) is 32.2 Å². The molecule has 0 bridgehead atoms. The summed E-state index contributed by atoms with van der Waals surface area (Å²) >= 11 is 0. The zero-order valence-electron chi connectivity index (χ0n) is 19.8. The number of pyridine rings is 1. The second kappa shape index (κ2) is 10.9. The summed E-state index contributed by atoms with van der Waals surface area (Å²) in [4.78, 5) is 28.5. The number of rotatable bonds is 8. The number of ketones is 1. The number of anilines is 1. The molecule has 0 saturated heterocycles. The molecule has 0 radical (unpaired) electrons. The molecule has 8 nitrogen and oxygen atoms in total. The van der Waals surface area contributed by atoms with Crippen molar-refractivity contribution in [1.82, 2.24) is 4.98 Å². The molecule has 0 aliphatic heterocycles. The van der Waals surface area contributed by atoms with E-state index in [1.165, 1.54) is 19.1 Å². The number of carbonyl (C=O) groups excluding carboxylic acids is 2. The van der Waals surface area contributed by atoms with Gasteiger partial charge in [0.05, 0.1) is 19.8 Å². The molecule has 14 heteroatoms. The van der Waals surface area contributed by atoms with Crippen LogP contribution in [0.3, 0.4) is 0 Å². The first-order valence-corrected chi connectivity index (χ1v) is 10.4. The van der Waals surface area contributed by atoms with Crippen molar-refractivity contribution in [3.8, 4) is 28.7 Å². The number of ether oxygens (including phenoxy) is 4. The van der Waals surface area contributed by atoms with Gasteiger partial charge in [-0.1, -0.05) is 0 Å². The third-order valence-corrected chi connectivity index (χ3v) is 4.86. The quantitative estimate of drug-likeness (QED) is 0.264. The maximum Gasteiger partial charge on any atom is 0.573 e.